The van der Waals surface area contributed by atoms with Gasteiger partial charge in [-0.05, 0) is 19.1 Å². The van der Waals surface area contributed by atoms with Gasteiger partial charge < -0.3 is 10.4 Å². The number of amides is 1. The van der Waals surface area contributed by atoms with Gasteiger partial charge in [-0.25, -0.2) is 9.18 Å². The minimum absolute atomic E-state index is 0.149. The van der Waals surface area contributed by atoms with Crippen molar-refractivity contribution in [3.8, 4) is 0 Å². The lowest BCUT2D eigenvalue weighted by molar-refractivity contribution is 0.0945. The van der Waals surface area contributed by atoms with Gasteiger partial charge in [0.05, 0.1) is 6.04 Å². The predicted molar refractivity (Wildman–Crippen MR) is 51.4 cm³/mol. The number of carbonyl (C=O) groups is 2. The molecule has 0 heterocycles. The summed E-state index contributed by atoms with van der Waals surface area (Å²) in [5, 5.41) is 10.4. The molecule has 0 fully saturated rings. The highest BCUT2D eigenvalue weighted by atomic mass is 19.1. The third kappa shape index (κ3) is 3.05. The van der Waals surface area contributed by atoms with Crippen LogP contribution in [-0.4, -0.2) is 23.0 Å². The fraction of sp³-hybridized carbons (Fsp3) is 0.200. The minimum atomic E-state index is -1.28. The molecule has 1 unspecified atom stereocenters. The SMILES string of the molecule is CC(NC(=O)O)C(=O)c1cccc(F)c1. The summed E-state index contributed by atoms with van der Waals surface area (Å²) in [4.78, 5) is 21.8. The summed E-state index contributed by atoms with van der Waals surface area (Å²) in [5.41, 5.74) is 0.149. The zero-order valence-electron chi connectivity index (χ0n) is 8.03. The van der Waals surface area contributed by atoms with E-state index in [0.29, 0.717) is 0 Å². The highest BCUT2D eigenvalue weighted by Gasteiger charge is 2.16. The van der Waals surface area contributed by atoms with Crippen LogP contribution in [0.3, 0.4) is 0 Å². The normalized spacial score (nSPS) is 11.9. The topological polar surface area (TPSA) is 66.4 Å². The smallest absolute Gasteiger partial charge is 0.405 e. The van der Waals surface area contributed by atoms with Crippen molar-refractivity contribution >= 4 is 11.9 Å². The average Bonchev–Trinajstić information content (AvgIpc) is 2.15. The van der Waals surface area contributed by atoms with Gasteiger partial charge in [0.2, 0.25) is 0 Å². The maximum atomic E-state index is 12.8. The summed E-state index contributed by atoms with van der Waals surface area (Å²) >= 11 is 0. The second kappa shape index (κ2) is 4.54. The van der Waals surface area contributed by atoms with E-state index in [1.165, 1.54) is 25.1 Å². The molecule has 0 saturated heterocycles. The van der Waals surface area contributed by atoms with Crippen molar-refractivity contribution in [2.75, 3.05) is 0 Å². The molecule has 15 heavy (non-hydrogen) atoms. The molecule has 1 amide bonds. The van der Waals surface area contributed by atoms with Crippen LogP contribution in [0.2, 0.25) is 0 Å². The third-order valence-corrected chi connectivity index (χ3v) is 1.84. The van der Waals surface area contributed by atoms with Crippen LogP contribution >= 0.6 is 0 Å². The fourth-order valence-corrected chi connectivity index (χ4v) is 1.14. The number of Topliss-reactive ketones (excluding diaryl/α,β-unsaturated/α-hetero) is 1. The van der Waals surface area contributed by atoms with Gasteiger partial charge in [0.15, 0.2) is 5.78 Å². The number of hydrogen-bond donors (Lipinski definition) is 2. The molecule has 2 N–H and O–H groups in total. The lowest BCUT2D eigenvalue weighted by Crippen LogP contribution is -2.37. The van der Waals surface area contributed by atoms with Crippen molar-refractivity contribution < 1.29 is 19.1 Å². The zero-order valence-corrected chi connectivity index (χ0v) is 8.03. The molecule has 80 valence electrons. The molecule has 0 bridgehead atoms. The van der Waals surface area contributed by atoms with Crippen LogP contribution in [0, 0.1) is 5.82 Å². The fourth-order valence-electron chi connectivity index (χ4n) is 1.14. The van der Waals surface area contributed by atoms with E-state index in [4.69, 9.17) is 5.11 Å². The van der Waals surface area contributed by atoms with Gasteiger partial charge in [0, 0.05) is 5.56 Å². The Morgan fingerprint density at radius 2 is 2.13 bits per heavy atom. The summed E-state index contributed by atoms with van der Waals surface area (Å²) in [5.74, 6) is -0.986. The number of carbonyl (C=O) groups excluding carboxylic acids is 1. The van der Waals surface area contributed by atoms with Crippen LogP contribution in [0.4, 0.5) is 9.18 Å². The number of carboxylic acid groups (broad SMARTS) is 1. The van der Waals surface area contributed by atoms with E-state index in [0.717, 1.165) is 6.07 Å². The van der Waals surface area contributed by atoms with E-state index in [2.05, 4.69) is 0 Å². The maximum Gasteiger partial charge on any atom is 0.405 e. The molecule has 0 aliphatic rings. The van der Waals surface area contributed by atoms with E-state index in [9.17, 15) is 14.0 Å². The molecule has 1 aromatic carbocycles. The van der Waals surface area contributed by atoms with Crippen LogP contribution in [0.25, 0.3) is 0 Å². The number of ketones is 1. The van der Waals surface area contributed by atoms with Crippen molar-refractivity contribution in [3.63, 3.8) is 0 Å². The number of rotatable bonds is 3. The third-order valence-electron chi connectivity index (χ3n) is 1.84. The van der Waals surface area contributed by atoms with Gasteiger partial charge >= 0.3 is 6.09 Å². The Labute approximate surface area is 85.7 Å². The first-order chi connectivity index (χ1) is 7.00. The molecule has 0 saturated carbocycles. The van der Waals surface area contributed by atoms with Crippen LogP contribution in [-0.2, 0) is 0 Å². The molecule has 1 atom stereocenters. The van der Waals surface area contributed by atoms with Crippen molar-refractivity contribution in [2.45, 2.75) is 13.0 Å². The quantitative estimate of drug-likeness (QED) is 0.747. The molecule has 0 spiro atoms. The Bertz CT molecular complexity index is 392. The molecule has 0 aliphatic carbocycles. The summed E-state index contributed by atoms with van der Waals surface area (Å²) in [6.07, 6.45) is -1.28. The lowest BCUT2D eigenvalue weighted by atomic mass is 10.1. The van der Waals surface area contributed by atoms with Crippen LogP contribution < -0.4 is 5.32 Å². The first-order valence-corrected chi connectivity index (χ1v) is 4.30. The molecule has 0 aromatic heterocycles. The van der Waals surface area contributed by atoms with Crippen molar-refractivity contribution in [3.05, 3.63) is 35.6 Å². The molecular formula is C10H10FNO3. The van der Waals surface area contributed by atoms with Crippen LogP contribution in [0.15, 0.2) is 24.3 Å². The molecule has 0 radical (unpaired) electrons. The first kappa shape index (κ1) is 11.2. The van der Waals surface area contributed by atoms with E-state index in [1.807, 2.05) is 5.32 Å². The molecule has 4 nitrogen and oxygen atoms in total. The van der Waals surface area contributed by atoms with E-state index < -0.39 is 23.7 Å². The van der Waals surface area contributed by atoms with Crippen LogP contribution in [0.1, 0.15) is 17.3 Å². The Balaban J connectivity index is 2.80. The second-order valence-corrected chi connectivity index (χ2v) is 3.05. The number of hydrogen-bond acceptors (Lipinski definition) is 2. The van der Waals surface area contributed by atoms with Gasteiger partial charge in [-0.15, -0.1) is 0 Å². The number of benzene rings is 1. The Hall–Kier alpha value is -1.91. The standard InChI is InChI=1S/C10H10FNO3/c1-6(12-10(14)15)9(13)7-3-2-4-8(11)5-7/h2-6,12H,1H3,(H,14,15). The Kier molecular flexibility index (Phi) is 3.38. The van der Waals surface area contributed by atoms with Gasteiger partial charge in [0.1, 0.15) is 5.82 Å². The maximum absolute atomic E-state index is 12.8. The highest BCUT2D eigenvalue weighted by Crippen LogP contribution is 2.06. The Morgan fingerprint density at radius 3 is 2.67 bits per heavy atom. The summed E-state index contributed by atoms with van der Waals surface area (Å²) in [6.45, 7) is 1.40. The van der Waals surface area contributed by atoms with Gasteiger partial charge in [0.25, 0.3) is 0 Å². The lowest BCUT2D eigenvalue weighted by Gasteiger charge is -2.09. The summed E-state index contributed by atoms with van der Waals surface area (Å²) in [6, 6.07) is 4.24. The number of nitrogens with one attached hydrogen (secondary N) is 1. The van der Waals surface area contributed by atoms with E-state index >= 15 is 0 Å². The van der Waals surface area contributed by atoms with Crippen molar-refractivity contribution in [1.82, 2.24) is 5.32 Å². The van der Waals surface area contributed by atoms with Crippen molar-refractivity contribution in [2.24, 2.45) is 0 Å². The van der Waals surface area contributed by atoms with Crippen LogP contribution in [0.5, 0.6) is 0 Å². The molecular weight excluding hydrogens is 201 g/mol. The monoisotopic (exact) mass is 211 g/mol. The van der Waals surface area contributed by atoms with E-state index in [1.54, 1.807) is 0 Å². The molecule has 1 aromatic rings. The predicted octanol–water partition coefficient (Wildman–Crippen LogP) is 1.66. The van der Waals surface area contributed by atoms with Gasteiger partial charge in [-0.3, -0.25) is 4.79 Å². The van der Waals surface area contributed by atoms with E-state index in [-0.39, 0.29) is 5.56 Å². The molecule has 0 aliphatic heterocycles. The van der Waals surface area contributed by atoms with Gasteiger partial charge in [-0.1, -0.05) is 12.1 Å². The summed E-state index contributed by atoms with van der Waals surface area (Å²) in [7, 11) is 0. The molecule has 5 heteroatoms. The highest BCUT2D eigenvalue weighted by molar-refractivity contribution is 6.01. The average molecular weight is 211 g/mol. The Morgan fingerprint density at radius 1 is 1.47 bits per heavy atom. The zero-order chi connectivity index (χ0) is 11.4. The van der Waals surface area contributed by atoms with Crippen molar-refractivity contribution in [1.29, 1.82) is 0 Å². The first-order valence-electron chi connectivity index (χ1n) is 4.30. The van der Waals surface area contributed by atoms with Gasteiger partial charge in [-0.2, -0.15) is 0 Å². The minimum Gasteiger partial charge on any atom is -0.465 e. The largest absolute Gasteiger partial charge is 0.465 e. The number of halogens is 1. The molecule has 1 rings (SSSR count). The second-order valence-electron chi connectivity index (χ2n) is 3.05. The summed E-state index contributed by atoms with van der Waals surface area (Å²) < 4.78 is 12.8.